The third kappa shape index (κ3) is 2.86. The Morgan fingerprint density at radius 1 is 1.60 bits per heavy atom. The zero-order valence-electron chi connectivity index (χ0n) is 6.34. The molecule has 0 unspecified atom stereocenters. The molecule has 1 rings (SSSR count). The van der Waals surface area contributed by atoms with Crippen LogP contribution in [0.2, 0.25) is 0 Å². The highest BCUT2D eigenvalue weighted by Gasteiger charge is 2.16. The lowest BCUT2D eigenvalue weighted by Gasteiger charge is -2.25. The Morgan fingerprint density at radius 2 is 2.30 bits per heavy atom. The number of hydrogen-bond acceptors (Lipinski definition) is 2. The van der Waals surface area contributed by atoms with E-state index in [1.807, 2.05) is 0 Å². The van der Waals surface area contributed by atoms with E-state index in [-0.39, 0.29) is 18.5 Å². The molecule has 0 radical (unpaired) electrons. The molecule has 1 heterocycles. The van der Waals surface area contributed by atoms with E-state index in [1.54, 1.807) is 0 Å². The predicted octanol–water partition coefficient (Wildman–Crippen LogP) is 0.931. The quantitative estimate of drug-likeness (QED) is 0.606. The summed E-state index contributed by atoms with van der Waals surface area (Å²) in [7, 11) is 0. The van der Waals surface area contributed by atoms with Crippen molar-refractivity contribution >= 4 is 12.4 Å². The number of halogens is 1. The van der Waals surface area contributed by atoms with Gasteiger partial charge in [-0.25, -0.2) is 0 Å². The van der Waals surface area contributed by atoms with Gasteiger partial charge in [-0.3, -0.25) is 0 Å². The van der Waals surface area contributed by atoms with Crippen molar-refractivity contribution in [2.75, 3.05) is 6.54 Å². The van der Waals surface area contributed by atoms with Crippen LogP contribution < -0.4 is 5.32 Å². The van der Waals surface area contributed by atoms with Crippen LogP contribution in [0.3, 0.4) is 0 Å². The van der Waals surface area contributed by atoms with E-state index in [0.29, 0.717) is 6.04 Å². The highest BCUT2D eigenvalue weighted by molar-refractivity contribution is 5.85. The largest absolute Gasteiger partial charge is 0.393 e. The number of aliphatic hydroxyl groups is 1. The second kappa shape index (κ2) is 4.94. The van der Waals surface area contributed by atoms with Crippen LogP contribution in [0.15, 0.2) is 0 Å². The third-order valence-corrected chi connectivity index (χ3v) is 1.96. The van der Waals surface area contributed by atoms with E-state index in [1.165, 1.54) is 0 Å². The Bertz CT molecular complexity index is 89.7. The van der Waals surface area contributed by atoms with Gasteiger partial charge in [-0.2, -0.15) is 0 Å². The van der Waals surface area contributed by atoms with Crippen LogP contribution in [0.5, 0.6) is 0 Å². The van der Waals surface area contributed by atoms with E-state index in [4.69, 9.17) is 0 Å². The van der Waals surface area contributed by atoms with Gasteiger partial charge in [0.2, 0.25) is 0 Å². The fraction of sp³-hybridized carbons (Fsp3) is 1.00. The molecule has 1 aliphatic heterocycles. The molecule has 1 fully saturated rings. The van der Waals surface area contributed by atoms with Crippen LogP contribution >= 0.6 is 12.4 Å². The topological polar surface area (TPSA) is 32.3 Å². The highest BCUT2D eigenvalue weighted by Crippen LogP contribution is 2.09. The van der Waals surface area contributed by atoms with Crippen molar-refractivity contribution in [2.24, 2.45) is 0 Å². The van der Waals surface area contributed by atoms with Gasteiger partial charge in [0, 0.05) is 6.04 Å². The fourth-order valence-corrected chi connectivity index (χ4v) is 1.29. The fourth-order valence-electron chi connectivity index (χ4n) is 1.29. The molecule has 0 aromatic carbocycles. The van der Waals surface area contributed by atoms with E-state index in [0.717, 1.165) is 25.8 Å². The van der Waals surface area contributed by atoms with Crippen molar-refractivity contribution in [1.29, 1.82) is 0 Å². The third-order valence-electron chi connectivity index (χ3n) is 1.96. The molecule has 1 aliphatic rings. The molecular weight excluding hydrogens is 150 g/mol. The standard InChI is InChI=1S/C7H15NO.ClH/c1-2-6-5-7(9)3-4-8-6;/h6-9H,2-5H2,1H3;1H/t6-,7+;/m1./s1. The minimum absolute atomic E-state index is 0. The zero-order valence-corrected chi connectivity index (χ0v) is 7.16. The molecule has 0 saturated carbocycles. The molecule has 0 amide bonds. The molecule has 10 heavy (non-hydrogen) atoms. The maximum Gasteiger partial charge on any atom is 0.0567 e. The van der Waals surface area contributed by atoms with E-state index >= 15 is 0 Å². The molecule has 0 spiro atoms. The molecule has 2 N–H and O–H groups in total. The summed E-state index contributed by atoms with van der Waals surface area (Å²) in [5.74, 6) is 0. The van der Waals surface area contributed by atoms with Crippen LogP contribution in [0.1, 0.15) is 26.2 Å². The summed E-state index contributed by atoms with van der Waals surface area (Å²) in [6.45, 7) is 3.13. The Balaban J connectivity index is 0.000000810. The van der Waals surface area contributed by atoms with E-state index in [9.17, 15) is 5.11 Å². The van der Waals surface area contributed by atoms with Crippen molar-refractivity contribution < 1.29 is 5.11 Å². The number of aliphatic hydroxyl groups excluding tert-OH is 1. The number of nitrogens with one attached hydrogen (secondary N) is 1. The molecule has 2 nitrogen and oxygen atoms in total. The SMILES string of the molecule is CC[C@@H]1C[C@@H](O)CCN1.Cl. The van der Waals surface area contributed by atoms with Gasteiger partial charge in [-0.15, -0.1) is 12.4 Å². The summed E-state index contributed by atoms with van der Waals surface area (Å²) < 4.78 is 0. The maximum atomic E-state index is 9.17. The summed E-state index contributed by atoms with van der Waals surface area (Å²) in [5.41, 5.74) is 0. The summed E-state index contributed by atoms with van der Waals surface area (Å²) in [6, 6.07) is 0.564. The van der Waals surface area contributed by atoms with Crippen LogP contribution in [-0.2, 0) is 0 Å². The first-order chi connectivity index (χ1) is 4.33. The lowest BCUT2D eigenvalue weighted by molar-refractivity contribution is 0.115. The Kier molecular flexibility index (Phi) is 5.04. The van der Waals surface area contributed by atoms with Crippen LogP contribution in [0.4, 0.5) is 0 Å². The first-order valence-electron chi connectivity index (χ1n) is 3.74. The lowest BCUT2D eigenvalue weighted by Crippen LogP contribution is -2.39. The van der Waals surface area contributed by atoms with Gasteiger partial charge in [0.05, 0.1) is 6.10 Å². The normalized spacial score (nSPS) is 33.0. The molecule has 3 heteroatoms. The highest BCUT2D eigenvalue weighted by atomic mass is 35.5. The first kappa shape index (κ1) is 10.2. The Morgan fingerprint density at radius 3 is 2.70 bits per heavy atom. The average molecular weight is 166 g/mol. The zero-order chi connectivity index (χ0) is 6.69. The monoisotopic (exact) mass is 165 g/mol. The number of hydrogen-bond donors (Lipinski definition) is 2. The summed E-state index contributed by atoms with van der Waals surface area (Å²) in [4.78, 5) is 0. The van der Waals surface area contributed by atoms with Gasteiger partial charge in [-0.05, 0) is 25.8 Å². The minimum Gasteiger partial charge on any atom is -0.393 e. The molecule has 0 aliphatic carbocycles. The Hall–Kier alpha value is 0.210. The van der Waals surface area contributed by atoms with Gasteiger partial charge >= 0.3 is 0 Å². The predicted molar refractivity (Wildman–Crippen MR) is 44.6 cm³/mol. The van der Waals surface area contributed by atoms with Crippen molar-refractivity contribution in [3.05, 3.63) is 0 Å². The van der Waals surface area contributed by atoms with Crippen molar-refractivity contribution in [3.8, 4) is 0 Å². The summed E-state index contributed by atoms with van der Waals surface area (Å²) in [6.07, 6.45) is 2.96. The minimum atomic E-state index is -0.0452. The summed E-state index contributed by atoms with van der Waals surface area (Å²) in [5, 5.41) is 12.5. The molecule has 1 saturated heterocycles. The smallest absolute Gasteiger partial charge is 0.0567 e. The van der Waals surface area contributed by atoms with Gasteiger partial charge < -0.3 is 10.4 Å². The second-order valence-corrected chi connectivity index (χ2v) is 2.74. The maximum absolute atomic E-state index is 9.17. The van der Waals surface area contributed by atoms with Gasteiger partial charge in [0.25, 0.3) is 0 Å². The van der Waals surface area contributed by atoms with E-state index in [2.05, 4.69) is 12.2 Å². The molecule has 62 valence electrons. The van der Waals surface area contributed by atoms with Crippen molar-refractivity contribution in [1.82, 2.24) is 5.32 Å². The van der Waals surface area contributed by atoms with Gasteiger partial charge in [0.15, 0.2) is 0 Å². The lowest BCUT2D eigenvalue weighted by atomic mass is 10.0. The summed E-state index contributed by atoms with van der Waals surface area (Å²) >= 11 is 0. The average Bonchev–Trinajstić information content (AvgIpc) is 1.88. The molecule has 0 aromatic heterocycles. The first-order valence-corrected chi connectivity index (χ1v) is 3.74. The molecule has 0 bridgehead atoms. The van der Waals surface area contributed by atoms with Crippen molar-refractivity contribution in [2.45, 2.75) is 38.3 Å². The van der Waals surface area contributed by atoms with Crippen LogP contribution in [0.25, 0.3) is 0 Å². The molecule has 2 atom stereocenters. The van der Waals surface area contributed by atoms with E-state index < -0.39 is 0 Å². The number of piperidine rings is 1. The second-order valence-electron chi connectivity index (χ2n) is 2.74. The van der Waals surface area contributed by atoms with Gasteiger partial charge in [-0.1, -0.05) is 6.92 Å². The van der Waals surface area contributed by atoms with Crippen molar-refractivity contribution in [3.63, 3.8) is 0 Å². The van der Waals surface area contributed by atoms with Gasteiger partial charge in [0.1, 0.15) is 0 Å². The Labute approximate surface area is 68.4 Å². The van der Waals surface area contributed by atoms with Crippen LogP contribution in [-0.4, -0.2) is 23.8 Å². The molecular formula is C7H16ClNO. The number of rotatable bonds is 1. The molecule has 0 aromatic rings. The van der Waals surface area contributed by atoms with Crippen LogP contribution in [0, 0.1) is 0 Å².